The number of aliphatic carboxylic acids is 2. The van der Waals surface area contributed by atoms with Crippen LogP contribution in [0.1, 0.15) is 97.3 Å². The van der Waals surface area contributed by atoms with Gasteiger partial charge in [0, 0.05) is 0 Å². The van der Waals surface area contributed by atoms with Crippen molar-refractivity contribution in [3.63, 3.8) is 0 Å². The van der Waals surface area contributed by atoms with Gasteiger partial charge in [0.1, 0.15) is 6.42 Å². The summed E-state index contributed by atoms with van der Waals surface area (Å²) in [7, 11) is 0. The van der Waals surface area contributed by atoms with Gasteiger partial charge in [0.2, 0.25) is 0 Å². The van der Waals surface area contributed by atoms with E-state index in [0.717, 1.165) is 5.92 Å². The van der Waals surface area contributed by atoms with Crippen LogP contribution in [0.15, 0.2) is 0 Å². The van der Waals surface area contributed by atoms with Crippen molar-refractivity contribution < 1.29 is 19.8 Å². The molecule has 0 spiro atoms. The number of hydrogen-bond donors (Lipinski definition) is 2. The van der Waals surface area contributed by atoms with E-state index in [2.05, 4.69) is 31.6 Å². The summed E-state index contributed by atoms with van der Waals surface area (Å²) < 4.78 is 0. The van der Waals surface area contributed by atoms with E-state index in [1.54, 1.807) is 0 Å². The molecule has 25 heavy (non-hydrogen) atoms. The summed E-state index contributed by atoms with van der Waals surface area (Å²) in [5.74, 6) is -1.60. The zero-order valence-electron chi connectivity index (χ0n) is 16.2. The van der Waals surface area contributed by atoms with Gasteiger partial charge in [0.15, 0.2) is 0 Å². The molecule has 0 rings (SSSR count). The summed E-state index contributed by atoms with van der Waals surface area (Å²) in [6, 6.07) is 0. The van der Waals surface area contributed by atoms with E-state index < -0.39 is 18.4 Å². The number of rotatable bonds is 15. The normalized spacial score (nSPS) is 11.0. The molecule has 0 aromatic heterocycles. The van der Waals surface area contributed by atoms with Gasteiger partial charge in [0.25, 0.3) is 0 Å². The van der Waals surface area contributed by atoms with Crippen LogP contribution in [0.25, 0.3) is 0 Å². The summed E-state index contributed by atoms with van der Waals surface area (Å²) in [5, 5.41) is 16.8. The van der Waals surface area contributed by atoms with Gasteiger partial charge >= 0.3 is 161 Å². The Balaban J connectivity index is -0.000000513. The third kappa shape index (κ3) is 29.5. The minimum absolute atomic E-state index is 0. The Bertz CT molecular complexity index is 289. The van der Waals surface area contributed by atoms with Crippen LogP contribution >= 0.6 is 0 Å². The first-order chi connectivity index (χ1) is 11.5. The van der Waals surface area contributed by atoms with E-state index in [9.17, 15) is 9.59 Å². The second-order valence-electron chi connectivity index (χ2n) is 6.64. The first kappa shape index (κ1) is 30.3. The number of hydrogen-bond acceptors (Lipinski definition) is 2. The molecule has 0 saturated heterocycles. The molecular weight excluding hydrogens is 322 g/mol. The molecule has 0 aromatic carbocycles. The van der Waals surface area contributed by atoms with E-state index in [4.69, 9.17) is 10.2 Å². The molecule has 6 heteroatoms. The monoisotopic (exact) mass is 360 g/mol. The van der Waals surface area contributed by atoms with Crippen molar-refractivity contribution in [2.75, 3.05) is 0 Å². The number of carboxylic acid groups (broad SMARTS) is 2. The van der Waals surface area contributed by atoms with Crippen molar-refractivity contribution in [1.29, 1.82) is 0 Å². The van der Waals surface area contributed by atoms with Gasteiger partial charge in [-0.15, -0.1) is 0 Å². The number of unbranched alkanes of at least 4 members (excludes halogenated alkanes) is 8. The number of carboxylic acids is 2. The maximum atomic E-state index is 9.43. The van der Waals surface area contributed by atoms with Gasteiger partial charge in [-0.25, -0.2) is 0 Å². The quantitative estimate of drug-likeness (QED) is 0.250. The second-order valence-corrected chi connectivity index (χ2v) is 6.64. The van der Waals surface area contributed by atoms with Gasteiger partial charge in [-0.05, 0) is 0 Å². The van der Waals surface area contributed by atoms with E-state index in [-0.39, 0.29) is 29.6 Å². The molecule has 2 N–H and O–H groups in total. The fourth-order valence-corrected chi connectivity index (χ4v) is 2.74. The third-order valence-electron chi connectivity index (χ3n) is 4.31. The van der Waals surface area contributed by atoms with Crippen LogP contribution in [0.5, 0.6) is 0 Å². The predicted octanol–water partition coefficient (Wildman–Crippen LogP) is 4.81. The first-order valence-corrected chi connectivity index (χ1v) is 9.91. The zero-order chi connectivity index (χ0) is 18.6. The van der Waals surface area contributed by atoms with Crippen molar-refractivity contribution >= 4 is 59.2 Å². The molecular formula is C19H38LiNaO4. The fourth-order valence-electron chi connectivity index (χ4n) is 2.74. The Morgan fingerprint density at radius 2 is 1.16 bits per heavy atom. The average molecular weight is 360 g/mol. The van der Waals surface area contributed by atoms with Crippen LogP contribution in [0.4, 0.5) is 0 Å². The summed E-state index contributed by atoms with van der Waals surface area (Å²) in [4.78, 5) is 18.9. The SMILES string of the molecule is O=C(O)CC(=O)O.[Li][CH2]C(CCCC)CCCCCCCCCC.[NaH]. The van der Waals surface area contributed by atoms with Crippen molar-refractivity contribution in [3.8, 4) is 0 Å². The van der Waals surface area contributed by atoms with Gasteiger partial charge in [-0.2, -0.15) is 0 Å². The summed E-state index contributed by atoms with van der Waals surface area (Å²) in [5.41, 5.74) is 0. The maximum absolute atomic E-state index is 9.43. The Morgan fingerprint density at radius 3 is 1.52 bits per heavy atom. The van der Waals surface area contributed by atoms with Crippen LogP contribution in [0, 0.1) is 5.92 Å². The topological polar surface area (TPSA) is 74.6 Å². The Kier molecular flexibility index (Phi) is 29.7. The van der Waals surface area contributed by atoms with Crippen LogP contribution in [0.3, 0.4) is 0 Å². The molecule has 0 radical (unpaired) electrons. The Hall–Kier alpha value is 0.537. The molecule has 0 aliphatic heterocycles. The van der Waals surface area contributed by atoms with Crippen molar-refractivity contribution in [2.45, 2.75) is 102 Å². The van der Waals surface area contributed by atoms with Gasteiger partial charge in [0.05, 0.1) is 0 Å². The molecule has 0 saturated carbocycles. The molecule has 0 fully saturated rings. The Labute approximate surface area is 186 Å². The molecule has 1 atom stereocenters. The molecule has 0 amide bonds. The van der Waals surface area contributed by atoms with E-state index in [1.807, 2.05) is 0 Å². The van der Waals surface area contributed by atoms with Crippen molar-refractivity contribution in [2.24, 2.45) is 5.92 Å². The van der Waals surface area contributed by atoms with E-state index in [0.29, 0.717) is 0 Å². The van der Waals surface area contributed by atoms with Crippen LogP contribution in [-0.2, 0) is 9.59 Å². The van der Waals surface area contributed by atoms with Crippen molar-refractivity contribution in [1.82, 2.24) is 0 Å². The predicted molar refractivity (Wildman–Crippen MR) is 108 cm³/mol. The zero-order valence-corrected chi connectivity index (χ0v) is 16.2. The average Bonchev–Trinajstić information content (AvgIpc) is 2.52. The summed E-state index contributed by atoms with van der Waals surface area (Å²) >= 11 is 2.37. The van der Waals surface area contributed by atoms with Crippen LogP contribution < -0.4 is 0 Å². The molecule has 4 nitrogen and oxygen atoms in total. The van der Waals surface area contributed by atoms with Gasteiger partial charge in [-0.1, -0.05) is 0 Å². The van der Waals surface area contributed by atoms with Crippen molar-refractivity contribution in [3.05, 3.63) is 0 Å². The molecule has 140 valence electrons. The van der Waals surface area contributed by atoms with Crippen LogP contribution in [-0.4, -0.2) is 69.4 Å². The minimum atomic E-state index is -1.31. The first-order valence-electron chi connectivity index (χ1n) is 9.91. The second kappa shape index (κ2) is 24.5. The number of carbonyl (C=O) groups is 2. The van der Waals surface area contributed by atoms with Crippen LogP contribution in [0.2, 0.25) is 5.09 Å². The molecule has 0 aromatic rings. The molecule has 0 aliphatic rings. The summed E-state index contributed by atoms with van der Waals surface area (Å²) in [6.07, 6.45) is 16.6. The Morgan fingerprint density at radius 1 is 0.760 bits per heavy atom. The standard InChI is InChI=1S/C16H33.C3H4O4.Li.Na.H/c1-4-6-8-9-10-11-12-13-15-16(3)14-7-5-2;4-2(5)1-3(6)7;;;/h16H,3-15H2,1-2H3;1H2,(H,4,5)(H,6,7);;;. The molecule has 0 heterocycles. The fraction of sp³-hybridized carbons (Fsp3) is 0.895. The van der Waals surface area contributed by atoms with Gasteiger partial charge in [-0.3, -0.25) is 9.59 Å². The molecule has 1 unspecified atom stereocenters. The molecule has 0 aliphatic carbocycles. The summed E-state index contributed by atoms with van der Waals surface area (Å²) in [6.45, 7) is 4.60. The van der Waals surface area contributed by atoms with E-state index in [1.165, 1.54) is 82.1 Å². The molecule has 0 bridgehead atoms. The van der Waals surface area contributed by atoms with E-state index >= 15 is 0 Å². The van der Waals surface area contributed by atoms with Gasteiger partial charge < -0.3 is 10.2 Å². The third-order valence-corrected chi connectivity index (χ3v) is 4.31.